The summed E-state index contributed by atoms with van der Waals surface area (Å²) in [7, 11) is 0. The maximum absolute atomic E-state index is 13.2. The second-order valence-electron chi connectivity index (χ2n) is 8.56. The van der Waals surface area contributed by atoms with Gasteiger partial charge < -0.3 is 20.1 Å². The molecule has 0 aliphatic carbocycles. The van der Waals surface area contributed by atoms with Gasteiger partial charge in [-0.15, -0.1) is 0 Å². The van der Waals surface area contributed by atoms with Crippen molar-refractivity contribution in [2.24, 2.45) is 11.8 Å². The highest BCUT2D eigenvalue weighted by Crippen LogP contribution is 2.41. The van der Waals surface area contributed by atoms with Crippen LogP contribution in [0, 0.1) is 11.8 Å². The van der Waals surface area contributed by atoms with Crippen molar-refractivity contribution in [1.29, 1.82) is 0 Å². The molecular formula is C21H27N3O4. The highest BCUT2D eigenvalue weighted by Gasteiger charge is 2.47. The zero-order valence-corrected chi connectivity index (χ0v) is 16.0. The zero-order chi connectivity index (χ0) is 19.3. The fourth-order valence-electron chi connectivity index (χ4n) is 5.71. The van der Waals surface area contributed by atoms with Crippen molar-refractivity contribution in [3.8, 4) is 5.75 Å². The molecule has 1 aromatic rings. The molecule has 0 radical (unpaired) electrons. The number of carbonyl (C=O) groups excluding carboxylic acids is 2. The predicted octanol–water partition coefficient (Wildman–Crippen LogP) is 1.32. The summed E-state index contributed by atoms with van der Waals surface area (Å²) >= 11 is 0. The van der Waals surface area contributed by atoms with Crippen LogP contribution in [0.25, 0.3) is 0 Å². The molecule has 0 saturated carbocycles. The number of hydrogen-bond donors (Lipinski definition) is 2. The van der Waals surface area contributed by atoms with Gasteiger partial charge in [0.15, 0.2) is 6.61 Å². The van der Waals surface area contributed by atoms with E-state index in [0.717, 1.165) is 19.5 Å². The molecule has 3 saturated heterocycles. The molecule has 2 N–H and O–H groups in total. The summed E-state index contributed by atoms with van der Waals surface area (Å²) < 4.78 is 5.47. The Labute approximate surface area is 164 Å². The van der Waals surface area contributed by atoms with E-state index in [0.29, 0.717) is 41.4 Å². The summed E-state index contributed by atoms with van der Waals surface area (Å²) in [4.78, 5) is 29.2. The van der Waals surface area contributed by atoms with Gasteiger partial charge in [-0.25, -0.2) is 0 Å². The van der Waals surface area contributed by atoms with Gasteiger partial charge in [-0.2, -0.15) is 0 Å². The zero-order valence-electron chi connectivity index (χ0n) is 16.0. The Morgan fingerprint density at radius 3 is 2.96 bits per heavy atom. The Kier molecular flexibility index (Phi) is 4.51. The molecule has 2 amide bonds. The van der Waals surface area contributed by atoms with Crippen LogP contribution in [0.5, 0.6) is 5.75 Å². The first kappa shape index (κ1) is 17.9. The van der Waals surface area contributed by atoms with Crippen molar-refractivity contribution in [2.75, 3.05) is 38.2 Å². The monoisotopic (exact) mass is 385 g/mol. The second kappa shape index (κ2) is 7.04. The van der Waals surface area contributed by atoms with Gasteiger partial charge in [0, 0.05) is 30.7 Å². The number of fused-ring (bicyclic) bond motifs is 5. The maximum atomic E-state index is 13.2. The molecule has 0 unspecified atom stereocenters. The van der Waals surface area contributed by atoms with E-state index in [1.165, 1.54) is 19.3 Å². The Balaban J connectivity index is 1.37. The molecule has 3 fully saturated rings. The Morgan fingerprint density at radius 2 is 2.11 bits per heavy atom. The minimum atomic E-state index is -0.178. The number of anilines is 1. The van der Waals surface area contributed by atoms with E-state index >= 15 is 0 Å². The van der Waals surface area contributed by atoms with Crippen LogP contribution in [0.1, 0.15) is 36.0 Å². The number of nitrogens with zero attached hydrogens (tertiary/aromatic N) is 2. The molecule has 0 aromatic heterocycles. The van der Waals surface area contributed by atoms with Crippen molar-refractivity contribution in [3.63, 3.8) is 0 Å². The molecule has 4 heterocycles. The summed E-state index contributed by atoms with van der Waals surface area (Å²) in [5.74, 6) is 1.20. The molecule has 1 aromatic carbocycles. The van der Waals surface area contributed by atoms with E-state index in [1.807, 2.05) is 4.90 Å². The van der Waals surface area contributed by atoms with E-state index < -0.39 is 0 Å². The van der Waals surface area contributed by atoms with E-state index in [4.69, 9.17) is 4.74 Å². The van der Waals surface area contributed by atoms with Crippen molar-refractivity contribution in [2.45, 2.75) is 37.8 Å². The first-order valence-electron chi connectivity index (χ1n) is 10.4. The Bertz CT molecular complexity index is 784. The molecule has 150 valence electrons. The Hall–Kier alpha value is -2.12. The molecule has 7 heteroatoms. The number of hydrogen-bond acceptors (Lipinski definition) is 5. The molecule has 7 nitrogen and oxygen atoms in total. The lowest BCUT2D eigenvalue weighted by Crippen LogP contribution is -2.65. The van der Waals surface area contributed by atoms with Gasteiger partial charge in [0.05, 0.1) is 12.3 Å². The summed E-state index contributed by atoms with van der Waals surface area (Å²) in [5.41, 5.74) is 1.21. The van der Waals surface area contributed by atoms with Crippen LogP contribution in [0.4, 0.5) is 5.69 Å². The molecule has 2 bridgehead atoms. The maximum Gasteiger partial charge on any atom is 0.262 e. The van der Waals surface area contributed by atoms with Crippen LogP contribution in [0.3, 0.4) is 0 Å². The standard InChI is InChI=1S/C21H27N3O4/c25-11-18-15-7-14(17-3-1-2-6-24(17)18)9-23(10-15)21(27)13-4-5-16-19(8-13)28-12-20(26)22-16/h4-5,8,14-15,17-18,25H,1-3,6-7,9-12H2,(H,22,26)/t14-,15+,17+,18+/m1/s1. The number of rotatable bonds is 2. The van der Waals surface area contributed by atoms with Crippen molar-refractivity contribution < 1.29 is 19.4 Å². The van der Waals surface area contributed by atoms with Gasteiger partial charge in [0.2, 0.25) is 0 Å². The van der Waals surface area contributed by atoms with E-state index in [1.54, 1.807) is 18.2 Å². The number of carbonyl (C=O) groups is 2. The van der Waals surface area contributed by atoms with Gasteiger partial charge in [0.1, 0.15) is 5.75 Å². The molecule has 4 aliphatic rings. The van der Waals surface area contributed by atoms with Crippen LogP contribution in [-0.4, -0.2) is 71.7 Å². The smallest absolute Gasteiger partial charge is 0.262 e. The topological polar surface area (TPSA) is 82.1 Å². The quantitative estimate of drug-likeness (QED) is 0.803. The van der Waals surface area contributed by atoms with Crippen LogP contribution in [-0.2, 0) is 4.79 Å². The highest BCUT2D eigenvalue weighted by molar-refractivity contribution is 5.99. The number of benzene rings is 1. The number of aliphatic hydroxyl groups excluding tert-OH is 1. The lowest BCUT2D eigenvalue weighted by atomic mass is 9.72. The number of amides is 2. The van der Waals surface area contributed by atoms with Gasteiger partial charge in [-0.05, 0) is 55.8 Å². The predicted molar refractivity (Wildman–Crippen MR) is 103 cm³/mol. The van der Waals surface area contributed by atoms with Gasteiger partial charge in [-0.1, -0.05) is 6.42 Å². The number of nitrogens with one attached hydrogen (secondary N) is 1. The van der Waals surface area contributed by atoms with Crippen LogP contribution in [0.15, 0.2) is 18.2 Å². The number of piperidine rings is 3. The third kappa shape index (κ3) is 2.97. The SMILES string of the molecule is O=C1COc2cc(C(=O)N3C[C@H]4C[C@@H](C3)[C@H](CO)N3CCCC[C@@H]43)ccc2N1. The first-order chi connectivity index (χ1) is 13.6. The fourth-order valence-corrected chi connectivity index (χ4v) is 5.71. The van der Waals surface area contributed by atoms with Gasteiger partial charge in [0.25, 0.3) is 11.8 Å². The van der Waals surface area contributed by atoms with Gasteiger partial charge >= 0.3 is 0 Å². The molecule has 4 aliphatic heterocycles. The minimum absolute atomic E-state index is 0.0129. The molecule has 0 spiro atoms. The average molecular weight is 385 g/mol. The summed E-state index contributed by atoms with van der Waals surface area (Å²) in [6, 6.07) is 5.89. The van der Waals surface area contributed by atoms with Crippen LogP contribution in [0.2, 0.25) is 0 Å². The fraction of sp³-hybridized carbons (Fsp3) is 0.619. The normalized spacial score (nSPS) is 32.0. The molecule has 5 rings (SSSR count). The van der Waals surface area contributed by atoms with Crippen molar-refractivity contribution >= 4 is 17.5 Å². The second-order valence-corrected chi connectivity index (χ2v) is 8.56. The third-order valence-corrected chi connectivity index (χ3v) is 6.96. The Morgan fingerprint density at radius 1 is 1.25 bits per heavy atom. The highest BCUT2D eigenvalue weighted by atomic mass is 16.5. The van der Waals surface area contributed by atoms with Crippen molar-refractivity contribution in [3.05, 3.63) is 23.8 Å². The van der Waals surface area contributed by atoms with Crippen LogP contribution < -0.4 is 10.1 Å². The van der Waals surface area contributed by atoms with E-state index in [9.17, 15) is 14.7 Å². The average Bonchev–Trinajstić information content (AvgIpc) is 2.73. The summed E-state index contributed by atoms with van der Waals surface area (Å²) in [5, 5.41) is 12.8. The van der Waals surface area contributed by atoms with Crippen LogP contribution >= 0.6 is 0 Å². The first-order valence-corrected chi connectivity index (χ1v) is 10.4. The van der Waals surface area contributed by atoms with Gasteiger partial charge in [-0.3, -0.25) is 14.5 Å². The van der Waals surface area contributed by atoms with Crippen molar-refractivity contribution in [1.82, 2.24) is 9.80 Å². The summed E-state index contributed by atoms with van der Waals surface area (Å²) in [6.07, 6.45) is 4.72. The molecule has 4 atom stereocenters. The number of aliphatic hydroxyl groups is 1. The lowest BCUT2D eigenvalue weighted by molar-refractivity contribution is -0.118. The summed E-state index contributed by atoms with van der Waals surface area (Å²) in [6.45, 7) is 2.70. The number of ether oxygens (including phenoxy) is 1. The minimum Gasteiger partial charge on any atom is -0.482 e. The lowest BCUT2D eigenvalue weighted by Gasteiger charge is -2.56. The third-order valence-electron chi connectivity index (χ3n) is 6.96. The molecule has 28 heavy (non-hydrogen) atoms. The van der Waals surface area contributed by atoms with E-state index in [2.05, 4.69) is 10.2 Å². The van der Waals surface area contributed by atoms with E-state index in [-0.39, 0.29) is 31.1 Å². The largest absolute Gasteiger partial charge is 0.482 e. The number of likely N-dealkylation sites (tertiary alicyclic amines) is 1. The molecular weight excluding hydrogens is 358 g/mol.